The summed E-state index contributed by atoms with van der Waals surface area (Å²) in [5.41, 5.74) is 0. The first-order chi connectivity index (χ1) is 5.33. The van der Waals surface area contributed by atoms with Gasteiger partial charge in [-0.2, -0.15) is 11.8 Å². The molecule has 1 saturated carbocycles. The summed E-state index contributed by atoms with van der Waals surface area (Å²) in [6.45, 7) is 3.55. The van der Waals surface area contributed by atoms with E-state index in [0.29, 0.717) is 0 Å². The lowest BCUT2D eigenvalue weighted by molar-refractivity contribution is 0.519. The van der Waals surface area contributed by atoms with Gasteiger partial charge in [0.25, 0.3) is 0 Å². The van der Waals surface area contributed by atoms with Crippen LogP contribution in [-0.4, -0.2) is 24.6 Å². The first-order valence-electron chi connectivity index (χ1n) is 4.55. The van der Waals surface area contributed by atoms with E-state index in [1.807, 2.05) is 11.8 Å². The minimum Gasteiger partial charge on any atom is -0.314 e. The second kappa shape index (κ2) is 5.04. The summed E-state index contributed by atoms with van der Waals surface area (Å²) < 4.78 is 0. The van der Waals surface area contributed by atoms with E-state index in [0.717, 1.165) is 12.0 Å². The summed E-state index contributed by atoms with van der Waals surface area (Å²) in [5, 5.41) is 3.57. The van der Waals surface area contributed by atoms with Crippen LogP contribution in [0.1, 0.15) is 26.2 Å². The van der Waals surface area contributed by atoms with Crippen molar-refractivity contribution in [3.8, 4) is 0 Å². The Morgan fingerprint density at radius 2 is 2.27 bits per heavy atom. The Balaban J connectivity index is 1.87. The molecule has 11 heavy (non-hydrogen) atoms. The normalized spacial score (nSPS) is 20.2. The Bertz CT molecular complexity index is 102. The second-order valence-electron chi connectivity index (χ2n) is 3.53. The zero-order valence-electron chi connectivity index (χ0n) is 7.60. The van der Waals surface area contributed by atoms with Crippen molar-refractivity contribution in [3.63, 3.8) is 0 Å². The molecule has 1 fully saturated rings. The third-order valence-corrected chi connectivity index (χ3v) is 2.85. The lowest BCUT2D eigenvalue weighted by atomic mass is 10.2. The van der Waals surface area contributed by atoms with Crippen molar-refractivity contribution in [2.75, 3.05) is 18.6 Å². The van der Waals surface area contributed by atoms with Crippen LogP contribution in [0.3, 0.4) is 0 Å². The Labute approximate surface area is 74.3 Å². The van der Waals surface area contributed by atoms with Crippen LogP contribution in [0.15, 0.2) is 0 Å². The quantitative estimate of drug-likeness (QED) is 0.660. The molecule has 66 valence electrons. The van der Waals surface area contributed by atoms with Crippen LogP contribution in [0.25, 0.3) is 0 Å². The summed E-state index contributed by atoms with van der Waals surface area (Å²) in [5.74, 6) is 2.31. The summed E-state index contributed by atoms with van der Waals surface area (Å²) in [6.07, 6.45) is 6.41. The highest BCUT2D eigenvalue weighted by molar-refractivity contribution is 7.98. The van der Waals surface area contributed by atoms with Gasteiger partial charge >= 0.3 is 0 Å². The van der Waals surface area contributed by atoms with Crippen molar-refractivity contribution in [2.24, 2.45) is 5.92 Å². The van der Waals surface area contributed by atoms with Crippen LogP contribution in [0.4, 0.5) is 0 Å². The molecule has 0 radical (unpaired) electrons. The average Bonchev–Trinajstić information content (AvgIpc) is 2.80. The molecular weight excluding hydrogens is 154 g/mol. The van der Waals surface area contributed by atoms with Crippen molar-refractivity contribution in [1.82, 2.24) is 5.32 Å². The van der Waals surface area contributed by atoms with Gasteiger partial charge in [0, 0.05) is 6.04 Å². The van der Waals surface area contributed by atoms with Crippen molar-refractivity contribution in [1.29, 1.82) is 0 Å². The molecule has 1 aliphatic carbocycles. The summed E-state index contributed by atoms with van der Waals surface area (Å²) in [7, 11) is 0. The molecule has 0 bridgehead atoms. The summed E-state index contributed by atoms with van der Waals surface area (Å²) in [6, 6.07) is 0.725. The minimum atomic E-state index is 0.725. The highest BCUT2D eigenvalue weighted by Gasteiger charge is 2.20. The fourth-order valence-electron chi connectivity index (χ4n) is 1.09. The average molecular weight is 173 g/mol. The first-order valence-corrected chi connectivity index (χ1v) is 5.94. The molecule has 0 amide bonds. The van der Waals surface area contributed by atoms with Crippen molar-refractivity contribution >= 4 is 11.8 Å². The Morgan fingerprint density at radius 3 is 2.82 bits per heavy atom. The van der Waals surface area contributed by atoms with E-state index in [9.17, 15) is 0 Å². The monoisotopic (exact) mass is 173 g/mol. The maximum Gasteiger partial charge on any atom is 0.00466 e. The molecule has 1 aliphatic rings. The van der Waals surface area contributed by atoms with Gasteiger partial charge in [0.05, 0.1) is 0 Å². The molecule has 1 rings (SSSR count). The molecule has 2 heteroatoms. The van der Waals surface area contributed by atoms with Gasteiger partial charge in [-0.25, -0.2) is 0 Å². The maximum atomic E-state index is 3.57. The Hall–Kier alpha value is 0.310. The van der Waals surface area contributed by atoms with Crippen LogP contribution >= 0.6 is 11.8 Å². The van der Waals surface area contributed by atoms with Gasteiger partial charge in [-0.3, -0.25) is 0 Å². The molecule has 1 atom stereocenters. The molecule has 0 aromatic carbocycles. The van der Waals surface area contributed by atoms with Crippen LogP contribution < -0.4 is 5.32 Å². The zero-order valence-corrected chi connectivity index (χ0v) is 8.41. The summed E-state index contributed by atoms with van der Waals surface area (Å²) in [4.78, 5) is 0. The fraction of sp³-hybridized carbons (Fsp3) is 1.00. The van der Waals surface area contributed by atoms with E-state index >= 15 is 0 Å². The number of thioether (sulfide) groups is 1. The van der Waals surface area contributed by atoms with Crippen LogP contribution in [0.5, 0.6) is 0 Å². The van der Waals surface area contributed by atoms with E-state index < -0.39 is 0 Å². The molecule has 0 saturated heterocycles. The number of hydrogen-bond acceptors (Lipinski definition) is 2. The minimum absolute atomic E-state index is 0.725. The van der Waals surface area contributed by atoms with Gasteiger partial charge in [-0.1, -0.05) is 0 Å². The third kappa shape index (κ3) is 4.70. The van der Waals surface area contributed by atoms with Crippen molar-refractivity contribution in [3.05, 3.63) is 0 Å². The molecule has 0 spiro atoms. The largest absolute Gasteiger partial charge is 0.314 e. The molecule has 0 aromatic heterocycles. The highest BCUT2D eigenvalue weighted by atomic mass is 32.2. The van der Waals surface area contributed by atoms with Crippen LogP contribution in [0.2, 0.25) is 0 Å². The van der Waals surface area contributed by atoms with Crippen LogP contribution in [-0.2, 0) is 0 Å². The molecule has 1 unspecified atom stereocenters. The molecule has 1 nitrogen and oxygen atoms in total. The molecule has 1 N–H and O–H groups in total. The van der Waals surface area contributed by atoms with E-state index in [-0.39, 0.29) is 0 Å². The SMILES string of the molecule is CSCCC(C)NCC1CC1. The zero-order chi connectivity index (χ0) is 8.10. The first kappa shape index (κ1) is 9.40. The van der Waals surface area contributed by atoms with E-state index in [2.05, 4.69) is 18.5 Å². The molecular formula is C9H19NS. The maximum absolute atomic E-state index is 3.57. The van der Waals surface area contributed by atoms with Gasteiger partial charge in [0.15, 0.2) is 0 Å². The highest BCUT2D eigenvalue weighted by Crippen LogP contribution is 2.27. The van der Waals surface area contributed by atoms with E-state index in [4.69, 9.17) is 0 Å². The van der Waals surface area contributed by atoms with Crippen molar-refractivity contribution < 1.29 is 0 Å². The Kier molecular flexibility index (Phi) is 4.31. The van der Waals surface area contributed by atoms with Gasteiger partial charge in [0.1, 0.15) is 0 Å². The van der Waals surface area contributed by atoms with E-state index in [1.165, 1.54) is 31.6 Å². The topological polar surface area (TPSA) is 12.0 Å². The lowest BCUT2D eigenvalue weighted by Gasteiger charge is -2.11. The van der Waals surface area contributed by atoms with Crippen molar-refractivity contribution in [2.45, 2.75) is 32.2 Å². The fourth-order valence-corrected chi connectivity index (χ4v) is 1.68. The number of rotatable bonds is 6. The standard InChI is InChI=1S/C9H19NS/c1-8(5-6-11-2)10-7-9-3-4-9/h8-10H,3-7H2,1-2H3. The molecule has 0 aromatic rings. The van der Waals surface area contributed by atoms with Gasteiger partial charge in [0.2, 0.25) is 0 Å². The molecule has 0 heterocycles. The number of nitrogens with one attached hydrogen (secondary N) is 1. The van der Waals surface area contributed by atoms with Gasteiger partial charge in [-0.05, 0) is 50.7 Å². The third-order valence-electron chi connectivity index (χ3n) is 2.21. The molecule has 0 aliphatic heterocycles. The Morgan fingerprint density at radius 1 is 1.55 bits per heavy atom. The number of hydrogen-bond donors (Lipinski definition) is 1. The second-order valence-corrected chi connectivity index (χ2v) is 4.52. The van der Waals surface area contributed by atoms with E-state index in [1.54, 1.807) is 0 Å². The van der Waals surface area contributed by atoms with Crippen LogP contribution in [0, 0.1) is 5.92 Å². The van der Waals surface area contributed by atoms with Gasteiger partial charge < -0.3 is 5.32 Å². The predicted molar refractivity (Wildman–Crippen MR) is 53.2 cm³/mol. The summed E-state index contributed by atoms with van der Waals surface area (Å²) >= 11 is 1.94. The smallest absolute Gasteiger partial charge is 0.00466 e. The van der Waals surface area contributed by atoms with Gasteiger partial charge in [-0.15, -0.1) is 0 Å². The lowest BCUT2D eigenvalue weighted by Crippen LogP contribution is -2.28. The predicted octanol–water partition coefficient (Wildman–Crippen LogP) is 2.13.